The van der Waals surface area contributed by atoms with Crippen LogP contribution in [0.15, 0.2) is 30.5 Å². The van der Waals surface area contributed by atoms with E-state index in [9.17, 15) is 4.79 Å². The quantitative estimate of drug-likeness (QED) is 0.942. The van der Waals surface area contributed by atoms with Crippen LogP contribution in [0, 0.1) is 0 Å². The minimum Gasteiger partial charge on any atom is -0.488 e. The molecule has 0 unspecified atom stereocenters. The number of rotatable bonds is 3. The fourth-order valence-corrected chi connectivity index (χ4v) is 2.55. The molecular weight excluding hydrogens is 264 g/mol. The summed E-state index contributed by atoms with van der Waals surface area (Å²) in [4.78, 5) is 16.0. The molecule has 110 valence electrons. The molecule has 1 amide bonds. The van der Waals surface area contributed by atoms with Crippen molar-refractivity contribution in [2.45, 2.75) is 44.6 Å². The van der Waals surface area contributed by atoms with Gasteiger partial charge in [-0.1, -0.05) is 6.07 Å². The van der Waals surface area contributed by atoms with Crippen LogP contribution in [0.5, 0.6) is 5.75 Å². The zero-order valence-corrected chi connectivity index (χ0v) is 12.6. The topological polar surface area (TPSA) is 65.2 Å². The summed E-state index contributed by atoms with van der Waals surface area (Å²) >= 11 is 0. The Balaban J connectivity index is 1.97. The lowest BCUT2D eigenvalue weighted by atomic mass is 9.99. The van der Waals surface area contributed by atoms with Crippen LogP contribution in [0.25, 0.3) is 10.8 Å². The summed E-state index contributed by atoms with van der Waals surface area (Å²) in [6.07, 6.45) is 3.39. The maximum atomic E-state index is 11.6. The monoisotopic (exact) mass is 284 g/mol. The first-order valence-electron chi connectivity index (χ1n) is 7.19. The molecule has 0 spiro atoms. The number of amides is 1. The van der Waals surface area contributed by atoms with Crippen molar-refractivity contribution in [1.29, 1.82) is 0 Å². The molecule has 21 heavy (non-hydrogen) atoms. The summed E-state index contributed by atoms with van der Waals surface area (Å²) in [6.45, 7) is 6.05. The lowest BCUT2D eigenvalue weighted by Gasteiger charge is -2.21. The average molecular weight is 284 g/mol. The third-order valence-corrected chi connectivity index (χ3v) is 3.83. The van der Waals surface area contributed by atoms with Crippen molar-refractivity contribution < 1.29 is 9.53 Å². The summed E-state index contributed by atoms with van der Waals surface area (Å²) in [7, 11) is 0. The summed E-state index contributed by atoms with van der Waals surface area (Å²) < 4.78 is 5.86. The van der Waals surface area contributed by atoms with Crippen molar-refractivity contribution in [2.24, 2.45) is 5.73 Å². The molecule has 3 rings (SSSR count). The molecule has 4 heteroatoms. The van der Waals surface area contributed by atoms with Gasteiger partial charge in [-0.05, 0) is 57.2 Å². The van der Waals surface area contributed by atoms with Crippen LogP contribution in [0.3, 0.4) is 0 Å². The number of fused-ring (bicyclic) bond motifs is 1. The molecule has 1 fully saturated rings. The highest BCUT2D eigenvalue weighted by atomic mass is 16.5. The van der Waals surface area contributed by atoms with E-state index in [4.69, 9.17) is 10.5 Å². The Hall–Kier alpha value is -2.10. The van der Waals surface area contributed by atoms with Crippen LogP contribution in [0.1, 0.15) is 39.3 Å². The molecule has 0 bridgehead atoms. The largest absolute Gasteiger partial charge is 0.488 e. The van der Waals surface area contributed by atoms with Gasteiger partial charge in [0.15, 0.2) is 0 Å². The van der Waals surface area contributed by atoms with Crippen molar-refractivity contribution in [2.75, 3.05) is 0 Å². The molecular formula is C17H20N2O2. The molecule has 2 aromatic rings. The van der Waals surface area contributed by atoms with Gasteiger partial charge in [0, 0.05) is 11.6 Å². The van der Waals surface area contributed by atoms with E-state index in [0.29, 0.717) is 0 Å². The smallest absolute Gasteiger partial charge is 0.229 e. The van der Waals surface area contributed by atoms with Gasteiger partial charge in [0.2, 0.25) is 5.91 Å². The third-order valence-electron chi connectivity index (χ3n) is 3.83. The van der Waals surface area contributed by atoms with Gasteiger partial charge in [0.05, 0.1) is 11.1 Å². The summed E-state index contributed by atoms with van der Waals surface area (Å²) in [5.74, 6) is 0.544. The first kappa shape index (κ1) is 13.9. The van der Waals surface area contributed by atoms with Gasteiger partial charge in [0.25, 0.3) is 0 Å². The number of hydrogen-bond acceptors (Lipinski definition) is 3. The molecule has 0 saturated heterocycles. The molecule has 4 nitrogen and oxygen atoms in total. The van der Waals surface area contributed by atoms with E-state index in [1.165, 1.54) is 0 Å². The van der Waals surface area contributed by atoms with Crippen LogP contribution in [-0.4, -0.2) is 16.5 Å². The first-order chi connectivity index (χ1) is 9.80. The minimum atomic E-state index is -0.533. The second-order valence-electron chi connectivity index (χ2n) is 6.74. The number of carbonyl (C=O) groups excluding carboxylic acids is 1. The van der Waals surface area contributed by atoms with Crippen molar-refractivity contribution in [3.05, 3.63) is 36.2 Å². The van der Waals surface area contributed by atoms with Gasteiger partial charge in [-0.15, -0.1) is 0 Å². The average Bonchev–Trinajstić information content (AvgIpc) is 3.17. The van der Waals surface area contributed by atoms with Crippen molar-refractivity contribution in [3.63, 3.8) is 0 Å². The number of hydrogen-bond donors (Lipinski definition) is 1. The number of primary amides is 1. The number of aromatic nitrogens is 1. The van der Waals surface area contributed by atoms with Crippen LogP contribution >= 0.6 is 0 Å². The van der Waals surface area contributed by atoms with E-state index in [1.54, 1.807) is 6.20 Å². The molecule has 0 aliphatic heterocycles. The second-order valence-corrected chi connectivity index (χ2v) is 6.74. The first-order valence-corrected chi connectivity index (χ1v) is 7.19. The lowest BCUT2D eigenvalue weighted by molar-refractivity contribution is -0.120. The molecule has 1 aliphatic carbocycles. The highest BCUT2D eigenvalue weighted by molar-refractivity contribution is 5.91. The van der Waals surface area contributed by atoms with E-state index in [0.717, 1.165) is 35.1 Å². The predicted octanol–water partition coefficient (Wildman–Crippen LogP) is 2.93. The summed E-state index contributed by atoms with van der Waals surface area (Å²) in [5.41, 5.74) is 5.52. The maximum Gasteiger partial charge on any atom is 0.229 e. The number of benzene rings is 1. The Morgan fingerprint density at radius 2 is 1.95 bits per heavy atom. The van der Waals surface area contributed by atoms with Crippen LogP contribution < -0.4 is 10.5 Å². The Bertz CT molecular complexity index is 712. The number of ether oxygens (including phenoxy) is 1. The standard InChI is InChI=1S/C17H20N2O2/c1-16(2,3)21-13-5-4-11-9-14(19-10-12(11)8-13)17(6-7-17)15(18)20/h4-5,8-10H,6-7H2,1-3H3,(H2,18,20). The summed E-state index contributed by atoms with van der Waals surface area (Å²) in [6, 6.07) is 7.88. The van der Waals surface area contributed by atoms with Crippen LogP contribution in [-0.2, 0) is 10.2 Å². The second kappa shape index (κ2) is 4.45. The van der Waals surface area contributed by atoms with E-state index >= 15 is 0 Å². The van der Waals surface area contributed by atoms with Gasteiger partial charge in [-0.3, -0.25) is 9.78 Å². The Labute approximate surface area is 124 Å². The zero-order valence-electron chi connectivity index (χ0n) is 12.6. The molecule has 1 saturated carbocycles. The van der Waals surface area contributed by atoms with E-state index in [-0.39, 0.29) is 11.5 Å². The van der Waals surface area contributed by atoms with Crippen LogP contribution in [0.4, 0.5) is 0 Å². The predicted molar refractivity (Wildman–Crippen MR) is 82.2 cm³/mol. The maximum absolute atomic E-state index is 11.6. The fraction of sp³-hybridized carbons (Fsp3) is 0.412. The third kappa shape index (κ3) is 2.58. The number of pyridine rings is 1. The fourth-order valence-electron chi connectivity index (χ4n) is 2.55. The van der Waals surface area contributed by atoms with Gasteiger partial charge in [-0.25, -0.2) is 0 Å². The number of carbonyl (C=O) groups is 1. The Kier molecular flexibility index (Phi) is 2.94. The highest BCUT2D eigenvalue weighted by Crippen LogP contribution is 2.47. The lowest BCUT2D eigenvalue weighted by Crippen LogP contribution is -2.29. The van der Waals surface area contributed by atoms with Crippen molar-refractivity contribution in [3.8, 4) is 5.75 Å². The van der Waals surface area contributed by atoms with Gasteiger partial charge in [-0.2, -0.15) is 0 Å². The molecule has 1 aliphatic rings. The van der Waals surface area contributed by atoms with Crippen molar-refractivity contribution in [1.82, 2.24) is 4.98 Å². The SMILES string of the molecule is CC(C)(C)Oc1ccc2cc(C3(C(N)=O)CC3)ncc2c1. The van der Waals surface area contributed by atoms with Crippen molar-refractivity contribution >= 4 is 16.7 Å². The van der Waals surface area contributed by atoms with Gasteiger partial charge in [0.1, 0.15) is 11.4 Å². The molecule has 1 heterocycles. The minimum absolute atomic E-state index is 0.231. The van der Waals surface area contributed by atoms with Crippen LogP contribution in [0.2, 0.25) is 0 Å². The molecule has 0 atom stereocenters. The molecule has 0 radical (unpaired) electrons. The van der Waals surface area contributed by atoms with Gasteiger partial charge < -0.3 is 10.5 Å². The molecule has 1 aromatic heterocycles. The molecule has 2 N–H and O–H groups in total. The molecule has 1 aromatic carbocycles. The normalized spacial score (nSPS) is 16.7. The Morgan fingerprint density at radius 3 is 2.52 bits per heavy atom. The number of nitrogens with zero attached hydrogens (tertiary/aromatic N) is 1. The van der Waals surface area contributed by atoms with E-state index < -0.39 is 5.41 Å². The summed E-state index contributed by atoms with van der Waals surface area (Å²) in [5, 5.41) is 2.05. The zero-order chi connectivity index (χ0) is 15.3. The van der Waals surface area contributed by atoms with E-state index in [1.807, 2.05) is 45.0 Å². The highest BCUT2D eigenvalue weighted by Gasteiger charge is 2.51. The van der Waals surface area contributed by atoms with E-state index in [2.05, 4.69) is 4.98 Å². The Morgan fingerprint density at radius 1 is 1.24 bits per heavy atom. The number of nitrogens with two attached hydrogens (primary N) is 1. The van der Waals surface area contributed by atoms with Gasteiger partial charge >= 0.3 is 0 Å².